The van der Waals surface area contributed by atoms with Crippen molar-refractivity contribution in [3.8, 4) is 0 Å². The minimum atomic E-state index is 0.0716. The lowest BCUT2D eigenvalue weighted by Crippen LogP contribution is -2.48. The van der Waals surface area contributed by atoms with E-state index in [1.165, 1.54) is 6.42 Å². The molecule has 2 amide bonds. The van der Waals surface area contributed by atoms with Gasteiger partial charge in [0.2, 0.25) is 0 Å². The second-order valence-electron chi connectivity index (χ2n) is 5.00. The number of rotatable bonds is 3. The first-order valence-electron chi connectivity index (χ1n) is 7.00. The molecule has 0 spiro atoms. The van der Waals surface area contributed by atoms with Gasteiger partial charge in [0.25, 0.3) is 0 Å². The number of carbonyl (C=O) groups is 1. The molecule has 104 valence electrons. The monoisotopic (exact) mass is 324 g/mol. The Hall–Kier alpha value is -1.03. The van der Waals surface area contributed by atoms with E-state index < -0.39 is 0 Å². The second-order valence-corrected chi connectivity index (χ2v) is 5.86. The Morgan fingerprint density at radius 3 is 2.95 bits per heavy atom. The summed E-state index contributed by atoms with van der Waals surface area (Å²) in [6, 6.07) is 8.47. The molecule has 1 unspecified atom stereocenters. The quantitative estimate of drug-likeness (QED) is 0.897. The lowest BCUT2D eigenvalue weighted by Gasteiger charge is -2.35. The van der Waals surface area contributed by atoms with E-state index in [0.717, 1.165) is 35.8 Å². The molecule has 3 nitrogen and oxygen atoms in total. The van der Waals surface area contributed by atoms with Gasteiger partial charge in [-0.25, -0.2) is 4.79 Å². The third kappa shape index (κ3) is 3.72. The van der Waals surface area contributed by atoms with Gasteiger partial charge in [0.15, 0.2) is 0 Å². The first-order chi connectivity index (χ1) is 9.22. The van der Waals surface area contributed by atoms with Crippen molar-refractivity contribution >= 4 is 22.0 Å². The second kappa shape index (κ2) is 6.94. The Labute approximate surface area is 123 Å². The number of amides is 2. The van der Waals surface area contributed by atoms with Gasteiger partial charge in [0.05, 0.1) is 0 Å². The van der Waals surface area contributed by atoms with Crippen LogP contribution in [0.1, 0.15) is 38.2 Å². The van der Waals surface area contributed by atoms with Crippen molar-refractivity contribution in [3.05, 3.63) is 34.3 Å². The maximum Gasteiger partial charge on any atom is 0.317 e. The van der Waals surface area contributed by atoms with Gasteiger partial charge < -0.3 is 10.2 Å². The fourth-order valence-electron chi connectivity index (χ4n) is 2.61. The standard InChI is InChI=1S/C15H21BrN2O/c1-2-13-8-5-6-10-18(13)15(19)17-11-12-7-3-4-9-14(12)16/h3-4,7,9,13H,2,5-6,8,10-11H2,1H3,(H,17,19). The maximum atomic E-state index is 12.3. The number of benzene rings is 1. The van der Waals surface area contributed by atoms with E-state index in [2.05, 4.69) is 28.2 Å². The van der Waals surface area contributed by atoms with Crippen molar-refractivity contribution < 1.29 is 4.79 Å². The number of hydrogen-bond acceptors (Lipinski definition) is 1. The number of nitrogens with one attached hydrogen (secondary N) is 1. The summed E-state index contributed by atoms with van der Waals surface area (Å²) in [5.41, 5.74) is 1.11. The molecule has 19 heavy (non-hydrogen) atoms. The Bertz CT molecular complexity index is 436. The molecule has 1 aromatic rings. The van der Waals surface area contributed by atoms with Crippen molar-refractivity contribution in [3.63, 3.8) is 0 Å². The average molecular weight is 325 g/mol. The highest BCUT2D eigenvalue weighted by Gasteiger charge is 2.24. The van der Waals surface area contributed by atoms with Gasteiger partial charge in [0.1, 0.15) is 0 Å². The molecule has 1 saturated heterocycles. The predicted molar refractivity (Wildman–Crippen MR) is 81.0 cm³/mol. The number of halogens is 1. The van der Waals surface area contributed by atoms with Crippen LogP contribution in [0.15, 0.2) is 28.7 Å². The Kier molecular flexibility index (Phi) is 5.25. The summed E-state index contributed by atoms with van der Waals surface area (Å²) in [7, 11) is 0. The van der Waals surface area contributed by atoms with Crippen molar-refractivity contribution in [2.75, 3.05) is 6.54 Å². The van der Waals surface area contributed by atoms with Crippen LogP contribution in [0.5, 0.6) is 0 Å². The normalized spacial score (nSPS) is 19.3. The van der Waals surface area contributed by atoms with E-state index in [1.807, 2.05) is 29.2 Å². The minimum absolute atomic E-state index is 0.0716. The van der Waals surface area contributed by atoms with Crippen molar-refractivity contribution in [2.24, 2.45) is 0 Å². The lowest BCUT2D eigenvalue weighted by molar-refractivity contribution is 0.148. The summed E-state index contributed by atoms with van der Waals surface area (Å²) >= 11 is 3.50. The summed E-state index contributed by atoms with van der Waals surface area (Å²) in [6.07, 6.45) is 4.55. The first kappa shape index (κ1) is 14.4. The first-order valence-corrected chi connectivity index (χ1v) is 7.79. The molecule has 1 aliphatic heterocycles. The number of likely N-dealkylation sites (tertiary alicyclic amines) is 1. The lowest BCUT2D eigenvalue weighted by atomic mass is 10.0. The number of hydrogen-bond donors (Lipinski definition) is 1. The Morgan fingerprint density at radius 1 is 1.42 bits per heavy atom. The summed E-state index contributed by atoms with van der Waals surface area (Å²) in [5, 5.41) is 3.03. The van der Waals surface area contributed by atoms with Crippen LogP contribution >= 0.6 is 15.9 Å². The summed E-state index contributed by atoms with van der Waals surface area (Å²) < 4.78 is 1.04. The van der Waals surface area contributed by atoms with Crippen LogP contribution in [0, 0.1) is 0 Å². The van der Waals surface area contributed by atoms with E-state index in [4.69, 9.17) is 0 Å². The van der Waals surface area contributed by atoms with E-state index in [-0.39, 0.29) is 6.03 Å². The third-order valence-corrected chi connectivity index (χ3v) is 4.52. The molecular formula is C15H21BrN2O. The number of urea groups is 1. The zero-order chi connectivity index (χ0) is 13.7. The molecule has 1 N–H and O–H groups in total. The molecule has 1 heterocycles. The van der Waals surface area contributed by atoms with Crippen LogP contribution < -0.4 is 5.32 Å². The Balaban J connectivity index is 1.92. The van der Waals surface area contributed by atoms with Crippen molar-refractivity contribution in [1.82, 2.24) is 10.2 Å². The van der Waals surface area contributed by atoms with Crippen LogP contribution in [0.4, 0.5) is 4.79 Å². The molecule has 0 aromatic heterocycles. The highest BCUT2D eigenvalue weighted by molar-refractivity contribution is 9.10. The smallest absolute Gasteiger partial charge is 0.317 e. The Morgan fingerprint density at radius 2 is 2.21 bits per heavy atom. The molecule has 0 bridgehead atoms. The largest absolute Gasteiger partial charge is 0.334 e. The molecular weight excluding hydrogens is 304 g/mol. The molecule has 0 aliphatic carbocycles. The van der Waals surface area contributed by atoms with Gasteiger partial charge >= 0.3 is 6.03 Å². The van der Waals surface area contributed by atoms with Gasteiger partial charge in [0, 0.05) is 23.6 Å². The van der Waals surface area contributed by atoms with Gasteiger partial charge in [-0.15, -0.1) is 0 Å². The van der Waals surface area contributed by atoms with E-state index in [9.17, 15) is 4.79 Å². The number of nitrogens with zero attached hydrogens (tertiary/aromatic N) is 1. The van der Waals surface area contributed by atoms with Crippen LogP contribution in [0.25, 0.3) is 0 Å². The predicted octanol–water partition coefficient (Wildman–Crippen LogP) is 3.92. The van der Waals surface area contributed by atoms with Gasteiger partial charge in [-0.2, -0.15) is 0 Å². The molecule has 0 saturated carbocycles. The number of piperidine rings is 1. The van der Waals surface area contributed by atoms with Crippen LogP contribution in [-0.4, -0.2) is 23.5 Å². The van der Waals surface area contributed by atoms with E-state index >= 15 is 0 Å². The molecule has 2 rings (SSSR count). The fraction of sp³-hybridized carbons (Fsp3) is 0.533. The van der Waals surface area contributed by atoms with Crippen LogP contribution in [0.2, 0.25) is 0 Å². The van der Waals surface area contributed by atoms with E-state index in [1.54, 1.807) is 0 Å². The van der Waals surface area contributed by atoms with Gasteiger partial charge in [-0.05, 0) is 37.3 Å². The molecule has 4 heteroatoms. The highest BCUT2D eigenvalue weighted by atomic mass is 79.9. The minimum Gasteiger partial charge on any atom is -0.334 e. The van der Waals surface area contributed by atoms with Gasteiger partial charge in [-0.3, -0.25) is 0 Å². The molecule has 1 aromatic carbocycles. The summed E-state index contributed by atoms with van der Waals surface area (Å²) in [4.78, 5) is 14.3. The van der Waals surface area contributed by atoms with Gasteiger partial charge in [-0.1, -0.05) is 41.1 Å². The third-order valence-electron chi connectivity index (χ3n) is 3.75. The molecule has 1 aliphatic rings. The zero-order valence-electron chi connectivity index (χ0n) is 11.4. The van der Waals surface area contributed by atoms with Crippen molar-refractivity contribution in [2.45, 2.75) is 45.2 Å². The van der Waals surface area contributed by atoms with Crippen LogP contribution in [0.3, 0.4) is 0 Å². The fourth-order valence-corrected chi connectivity index (χ4v) is 3.03. The molecule has 1 atom stereocenters. The van der Waals surface area contributed by atoms with Crippen molar-refractivity contribution in [1.29, 1.82) is 0 Å². The molecule has 0 radical (unpaired) electrons. The molecule has 1 fully saturated rings. The summed E-state index contributed by atoms with van der Waals surface area (Å²) in [5.74, 6) is 0. The zero-order valence-corrected chi connectivity index (χ0v) is 12.9. The average Bonchev–Trinajstić information content (AvgIpc) is 2.46. The SMILES string of the molecule is CCC1CCCCN1C(=O)NCc1ccccc1Br. The van der Waals surface area contributed by atoms with Crippen LogP contribution in [-0.2, 0) is 6.54 Å². The maximum absolute atomic E-state index is 12.3. The van der Waals surface area contributed by atoms with E-state index in [0.29, 0.717) is 12.6 Å². The topological polar surface area (TPSA) is 32.3 Å². The number of carbonyl (C=O) groups excluding carboxylic acids is 1. The highest BCUT2D eigenvalue weighted by Crippen LogP contribution is 2.20. The summed E-state index contributed by atoms with van der Waals surface area (Å²) in [6.45, 7) is 3.62.